The Morgan fingerprint density at radius 2 is 1.52 bits per heavy atom. The van der Waals surface area contributed by atoms with Crippen LogP contribution >= 0.6 is 15.9 Å². The summed E-state index contributed by atoms with van der Waals surface area (Å²) in [5.74, 6) is 0.549. The van der Waals surface area contributed by atoms with Crippen molar-refractivity contribution in [3.8, 4) is 5.75 Å². The van der Waals surface area contributed by atoms with Gasteiger partial charge in [-0.05, 0) is 84.4 Å². The molecule has 0 aliphatic rings. The summed E-state index contributed by atoms with van der Waals surface area (Å²) in [5, 5.41) is 6.22. The second-order valence-electron chi connectivity index (χ2n) is 6.33. The first-order valence-corrected chi connectivity index (χ1v) is 9.50. The van der Waals surface area contributed by atoms with Crippen molar-refractivity contribution >= 4 is 38.9 Å². The predicted octanol–water partition coefficient (Wildman–Crippen LogP) is 6.23. The molecule has 2 N–H and O–H groups in total. The number of halogens is 1. The molecule has 3 aromatic rings. The number of hydrogen-bond donors (Lipinski definition) is 2. The average molecular weight is 425 g/mol. The molecular formula is C22H21BrN2O2. The third-order valence-corrected chi connectivity index (χ3v) is 4.38. The van der Waals surface area contributed by atoms with Crippen LogP contribution in [0.3, 0.4) is 0 Å². The Kier molecular flexibility index (Phi) is 6.14. The van der Waals surface area contributed by atoms with Crippen molar-refractivity contribution in [2.75, 3.05) is 10.6 Å². The van der Waals surface area contributed by atoms with Gasteiger partial charge in [0.1, 0.15) is 5.75 Å². The summed E-state index contributed by atoms with van der Waals surface area (Å²) in [7, 11) is 0. The molecule has 4 nitrogen and oxygen atoms in total. The van der Waals surface area contributed by atoms with Gasteiger partial charge in [0.25, 0.3) is 5.91 Å². The molecule has 0 saturated carbocycles. The maximum absolute atomic E-state index is 12.5. The van der Waals surface area contributed by atoms with Crippen LogP contribution in [-0.2, 0) is 0 Å². The van der Waals surface area contributed by atoms with E-state index in [0.29, 0.717) is 5.56 Å². The maximum atomic E-state index is 12.5. The lowest BCUT2D eigenvalue weighted by molar-refractivity contribution is 0.102. The highest BCUT2D eigenvalue weighted by Crippen LogP contribution is 2.27. The van der Waals surface area contributed by atoms with Gasteiger partial charge in [-0.2, -0.15) is 0 Å². The Morgan fingerprint density at radius 3 is 2.15 bits per heavy atom. The van der Waals surface area contributed by atoms with Crippen LogP contribution in [0.5, 0.6) is 5.75 Å². The standard InChI is InChI=1S/C22H21BrN2O2/c1-15(2)27-21-13-8-16(14-20(21)23)22(26)25-19-11-9-18(10-12-19)24-17-6-4-3-5-7-17/h3-15,24H,1-2H3,(H,25,26). The Labute approximate surface area is 167 Å². The Hall–Kier alpha value is -2.79. The van der Waals surface area contributed by atoms with Gasteiger partial charge in [-0.1, -0.05) is 18.2 Å². The molecule has 1 amide bonds. The third kappa shape index (κ3) is 5.34. The molecule has 0 spiro atoms. The molecule has 5 heteroatoms. The Bertz CT molecular complexity index is 909. The van der Waals surface area contributed by atoms with Crippen LogP contribution in [-0.4, -0.2) is 12.0 Å². The van der Waals surface area contributed by atoms with Gasteiger partial charge in [0.15, 0.2) is 0 Å². The molecule has 0 atom stereocenters. The van der Waals surface area contributed by atoms with Gasteiger partial charge in [0.2, 0.25) is 0 Å². The SMILES string of the molecule is CC(C)Oc1ccc(C(=O)Nc2ccc(Nc3ccccc3)cc2)cc1Br. The van der Waals surface area contributed by atoms with Crippen molar-refractivity contribution in [1.29, 1.82) is 0 Å². The molecule has 0 unspecified atom stereocenters. The Balaban J connectivity index is 1.64. The lowest BCUT2D eigenvalue weighted by Crippen LogP contribution is -2.12. The van der Waals surface area contributed by atoms with Gasteiger partial charge in [-0.25, -0.2) is 0 Å². The van der Waals surface area contributed by atoms with Crippen molar-refractivity contribution < 1.29 is 9.53 Å². The highest BCUT2D eigenvalue weighted by molar-refractivity contribution is 9.10. The van der Waals surface area contributed by atoms with Crippen LogP contribution in [0.25, 0.3) is 0 Å². The number of ether oxygens (including phenoxy) is 1. The molecule has 0 aromatic heterocycles. The number of nitrogens with one attached hydrogen (secondary N) is 2. The minimum absolute atomic E-state index is 0.0731. The minimum Gasteiger partial charge on any atom is -0.490 e. The Morgan fingerprint density at radius 1 is 0.889 bits per heavy atom. The monoisotopic (exact) mass is 424 g/mol. The first-order valence-electron chi connectivity index (χ1n) is 8.71. The molecule has 0 saturated heterocycles. The molecule has 0 bridgehead atoms. The molecule has 27 heavy (non-hydrogen) atoms. The fraction of sp³-hybridized carbons (Fsp3) is 0.136. The molecule has 0 radical (unpaired) electrons. The van der Waals surface area contributed by atoms with E-state index in [1.54, 1.807) is 18.2 Å². The van der Waals surface area contributed by atoms with Crippen molar-refractivity contribution in [3.63, 3.8) is 0 Å². The average Bonchev–Trinajstić information content (AvgIpc) is 2.65. The molecular weight excluding hydrogens is 404 g/mol. The molecule has 3 aromatic carbocycles. The van der Waals surface area contributed by atoms with E-state index in [2.05, 4.69) is 26.6 Å². The number of hydrogen-bond acceptors (Lipinski definition) is 3. The van der Waals surface area contributed by atoms with E-state index in [0.717, 1.165) is 27.3 Å². The van der Waals surface area contributed by atoms with Crippen molar-refractivity contribution in [1.82, 2.24) is 0 Å². The molecule has 138 valence electrons. The molecule has 0 aliphatic heterocycles. The van der Waals surface area contributed by atoms with Gasteiger partial charge in [0, 0.05) is 22.6 Å². The number of rotatable bonds is 6. The van der Waals surface area contributed by atoms with Crippen molar-refractivity contribution in [2.45, 2.75) is 20.0 Å². The smallest absolute Gasteiger partial charge is 0.255 e. The van der Waals surface area contributed by atoms with E-state index in [4.69, 9.17) is 4.74 Å². The first-order chi connectivity index (χ1) is 13.0. The highest BCUT2D eigenvalue weighted by atomic mass is 79.9. The summed E-state index contributed by atoms with van der Waals surface area (Å²) in [5.41, 5.74) is 3.27. The highest BCUT2D eigenvalue weighted by Gasteiger charge is 2.10. The fourth-order valence-corrected chi connectivity index (χ4v) is 2.99. The predicted molar refractivity (Wildman–Crippen MR) is 114 cm³/mol. The number of carbonyl (C=O) groups excluding carboxylic acids is 1. The van der Waals surface area contributed by atoms with Crippen LogP contribution in [0.4, 0.5) is 17.1 Å². The summed E-state index contributed by atoms with van der Waals surface area (Å²) in [6.45, 7) is 3.92. The van der Waals surface area contributed by atoms with Crippen LogP contribution in [0.1, 0.15) is 24.2 Å². The number of anilines is 3. The maximum Gasteiger partial charge on any atom is 0.255 e. The number of amides is 1. The second-order valence-corrected chi connectivity index (χ2v) is 7.19. The van der Waals surface area contributed by atoms with Crippen molar-refractivity contribution in [2.24, 2.45) is 0 Å². The lowest BCUT2D eigenvalue weighted by Gasteiger charge is -2.13. The summed E-state index contributed by atoms with van der Waals surface area (Å²) in [4.78, 5) is 12.5. The van der Waals surface area contributed by atoms with Crippen molar-refractivity contribution in [3.05, 3.63) is 82.8 Å². The summed E-state index contributed by atoms with van der Waals surface area (Å²) in [6, 6.07) is 22.8. The first kappa shape index (κ1) is 19.0. The zero-order chi connectivity index (χ0) is 19.2. The van der Waals surface area contributed by atoms with Crippen LogP contribution in [0, 0.1) is 0 Å². The number of para-hydroxylation sites is 1. The molecule has 3 rings (SSSR count). The topological polar surface area (TPSA) is 50.4 Å². The van der Waals surface area contributed by atoms with E-state index < -0.39 is 0 Å². The lowest BCUT2D eigenvalue weighted by atomic mass is 10.2. The van der Waals surface area contributed by atoms with Crippen LogP contribution in [0.2, 0.25) is 0 Å². The number of carbonyl (C=O) groups is 1. The fourth-order valence-electron chi connectivity index (χ4n) is 2.52. The van der Waals surface area contributed by atoms with E-state index in [9.17, 15) is 4.79 Å². The minimum atomic E-state index is -0.171. The molecule has 0 aliphatic carbocycles. The zero-order valence-corrected chi connectivity index (χ0v) is 16.8. The van der Waals surface area contributed by atoms with Gasteiger partial charge in [-0.15, -0.1) is 0 Å². The second kappa shape index (κ2) is 8.73. The summed E-state index contributed by atoms with van der Waals surface area (Å²) in [6.07, 6.45) is 0.0731. The summed E-state index contributed by atoms with van der Waals surface area (Å²) >= 11 is 3.46. The largest absolute Gasteiger partial charge is 0.490 e. The number of benzene rings is 3. The van der Waals surface area contributed by atoms with Gasteiger partial charge in [0.05, 0.1) is 10.6 Å². The zero-order valence-electron chi connectivity index (χ0n) is 15.2. The van der Waals surface area contributed by atoms with Gasteiger partial charge < -0.3 is 15.4 Å². The van der Waals surface area contributed by atoms with Crippen LogP contribution < -0.4 is 15.4 Å². The molecule has 0 fully saturated rings. The quantitative estimate of drug-likeness (QED) is 0.492. The van der Waals surface area contributed by atoms with E-state index in [1.807, 2.05) is 68.4 Å². The van der Waals surface area contributed by atoms with E-state index >= 15 is 0 Å². The van der Waals surface area contributed by atoms with Crippen LogP contribution in [0.15, 0.2) is 77.3 Å². The van der Waals surface area contributed by atoms with E-state index in [1.165, 1.54) is 0 Å². The van der Waals surface area contributed by atoms with Gasteiger partial charge >= 0.3 is 0 Å². The summed E-state index contributed by atoms with van der Waals surface area (Å²) < 4.78 is 6.43. The third-order valence-electron chi connectivity index (χ3n) is 3.76. The van der Waals surface area contributed by atoms with Gasteiger partial charge in [-0.3, -0.25) is 4.79 Å². The van der Waals surface area contributed by atoms with E-state index in [-0.39, 0.29) is 12.0 Å². The molecule has 0 heterocycles. The normalized spacial score (nSPS) is 10.5.